The maximum atomic E-state index is 12.3. The average Bonchev–Trinajstić information content (AvgIpc) is 3.76. The third-order valence-corrected chi connectivity index (χ3v) is 10.1. The van der Waals surface area contributed by atoms with Crippen LogP contribution in [0, 0.1) is 0 Å². The van der Waals surface area contributed by atoms with E-state index in [0.29, 0.717) is 49.8 Å². The van der Waals surface area contributed by atoms with Crippen molar-refractivity contribution in [3.63, 3.8) is 0 Å². The van der Waals surface area contributed by atoms with Crippen LogP contribution >= 0.6 is 10.6 Å². The van der Waals surface area contributed by atoms with Crippen molar-refractivity contribution in [2.45, 2.75) is 48.6 Å². The van der Waals surface area contributed by atoms with E-state index in [1.54, 1.807) is 12.1 Å². The van der Waals surface area contributed by atoms with E-state index < -0.39 is 28.0 Å². The maximum Gasteiger partial charge on any atom is 0.319 e. The molecule has 11 heteroatoms. The Hall–Kier alpha value is -2.47. The largest absolute Gasteiger partial charge is 0.377 e. The predicted octanol–water partition coefficient (Wildman–Crippen LogP) is 4.36. The monoisotopic (exact) mass is 505 g/mol. The molecule has 190 valence electrons. The summed E-state index contributed by atoms with van der Waals surface area (Å²) >= 11 is 0. The standard InChI is InChI=1S/C24H32FN5O4S/c1-16-15-34-13-12-30(16)21-14-20(24(8-9-24)35(32,33)19-6-7-19)28-22(29-21)17-2-4-18(5-3-17)27-23(31)26-11-10-25/h2-5,14,16,19,32-33H,6-13,15H2,1H3,(H2,26,27,31)/t16-/m0/s1. The van der Waals surface area contributed by atoms with Crippen molar-refractivity contribution in [2.75, 3.05) is 43.2 Å². The van der Waals surface area contributed by atoms with Gasteiger partial charge in [0.2, 0.25) is 0 Å². The molecule has 2 aliphatic carbocycles. The molecule has 1 aromatic heterocycles. The molecule has 2 heterocycles. The summed E-state index contributed by atoms with van der Waals surface area (Å²) in [6.45, 7) is 3.31. The van der Waals surface area contributed by atoms with Gasteiger partial charge < -0.3 is 20.3 Å². The van der Waals surface area contributed by atoms with Crippen molar-refractivity contribution in [2.24, 2.45) is 0 Å². The average molecular weight is 506 g/mol. The van der Waals surface area contributed by atoms with Crippen LogP contribution < -0.4 is 15.5 Å². The SMILES string of the molecule is C[C@H]1COCCN1c1cc(C2(S(O)(O)C3CC3)CC2)nc(-c2ccc(NC(=O)NCCF)cc2)n1. The minimum atomic E-state index is -2.81. The van der Waals surface area contributed by atoms with E-state index in [1.165, 1.54) is 0 Å². The van der Waals surface area contributed by atoms with Gasteiger partial charge in [0.05, 0.1) is 24.9 Å². The van der Waals surface area contributed by atoms with Gasteiger partial charge in [-0.3, -0.25) is 9.11 Å². The molecule has 0 unspecified atom stereocenters. The van der Waals surface area contributed by atoms with Crippen LogP contribution in [0.15, 0.2) is 30.3 Å². The van der Waals surface area contributed by atoms with Gasteiger partial charge in [0, 0.05) is 35.7 Å². The highest BCUT2D eigenvalue weighted by Gasteiger charge is 2.61. The van der Waals surface area contributed by atoms with E-state index in [1.807, 2.05) is 18.2 Å². The zero-order valence-corrected chi connectivity index (χ0v) is 20.6. The second kappa shape index (κ2) is 9.53. The number of benzene rings is 1. The number of halogens is 1. The lowest BCUT2D eigenvalue weighted by molar-refractivity contribution is 0.0985. The van der Waals surface area contributed by atoms with Crippen molar-refractivity contribution < 1.29 is 23.0 Å². The third-order valence-electron chi connectivity index (χ3n) is 6.89. The summed E-state index contributed by atoms with van der Waals surface area (Å²) in [6, 6.07) is 8.69. The van der Waals surface area contributed by atoms with Gasteiger partial charge in [-0.05, 0) is 56.9 Å². The fourth-order valence-corrected chi connectivity index (χ4v) is 7.14. The Morgan fingerprint density at radius 3 is 2.63 bits per heavy atom. The van der Waals surface area contributed by atoms with Crippen molar-refractivity contribution in [1.29, 1.82) is 0 Å². The Morgan fingerprint density at radius 2 is 2.00 bits per heavy atom. The molecule has 0 spiro atoms. The fraction of sp³-hybridized carbons (Fsp3) is 0.542. The number of rotatable bonds is 8. The maximum absolute atomic E-state index is 12.3. The second-order valence-corrected chi connectivity index (χ2v) is 12.1. The van der Waals surface area contributed by atoms with E-state index in [9.17, 15) is 18.3 Å². The first-order valence-corrected chi connectivity index (χ1v) is 13.7. The zero-order valence-electron chi connectivity index (χ0n) is 19.7. The molecule has 2 aromatic rings. The number of aromatic nitrogens is 2. The van der Waals surface area contributed by atoms with Crippen molar-refractivity contribution in [3.05, 3.63) is 36.0 Å². The predicted molar refractivity (Wildman–Crippen MR) is 135 cm³/mol. The summed E-state index contributed by atoms with van der Waals surface area (Å²) in [7, 11) is -2.81. The summed E-state index contributed by atoms with van der Waals surface area (Å²) in [5, 5.41) is 5.05. The van der Waals surface area contributed by atoms with E-state index in [0.717, 1.165) is 24.2 Å². The molecular weight excluding hydrogens is 473 g/mol. The molecule has 1 aliphatic heterocycles. The van der Waals surface area contributed by atoms with Gasteiger partial charge in [-0.1, -0.05) is 0 Å². The molecule has 1 atom stereocenters. The quantitative estimate of drug-likeness (QED) is 0.421. The molecule has 0 radical (unpaired) electrons. The van der Waals surface area contributed by atoms with Gasteiger partial charge >= 0.3 is 6.03 Å². The van der Waals surface area contributed by atoms with Gasteiger partial charge in [-0.2, -0.15) is 10.6 Å². The number of amides is 2. The van der Waals surface area contributed by atoms with Crippen LogP contribution in [-0.4, -0.2) is 69.4 Å². The number of nitrogens with one attached hydrogen (secondary N) is 2. The Morgan fingerprint density at radius 1 is 1.26 bits per heavy atom. The van der Waals surface area contributed by atoms with Gasteiger partial charge in [0.25, 0.3) is 0 Å². The highest BCUT2D eigenvalue weighted by molar-refractivity contribution is 8.26. The van der Waals surface area contributed by atoms with Crippen LogP contribution in [0.3, 0.4) is 0 Å². The lowest BCUT2D eigenvalue weighted by Gasteiger charge is -2.41. The number of carbonyl (C=O) groups is 1. The minimum Gasteiger partial charge on any atom is -0.377 e. The van der Waals surface area contributed by atoms with Gasteiger partial charge in [-0.25, -0.2) is 19.2 Å². The van der Waals surface area contributed by atoms with Gasteiger partial charge in [-0.15, -0.1) is 0 Å². The van der Waals surface area contributed by atoms with Crippen LogP contribution in [-0.2, 0) is 9.48 Å². The molecule has 3 fully saturated rings. The summed E-state index contributed by atoms with van der Waals surface area (Å²) in [6.07, 6.45) is 3.11. The first-order chi connectivity index (χ1) is 16.8. The molecule has 1 saturated heterocycles. The molecule has 9 nitrogen and oxygen atoms in total. The van der Waals surface area contributed by atoms with Crippen molar-refractivity contribution in [1.82, 2.24) is 15.3 Å². The van der Waals surface area contributed by atoms with Crippen molar-refractivity contribution in [3.8, 4) is 11.4 Å². The lowest BCUT2D eigenvalue weighted by Crippen LogP contribution is -2.44. The molecular formula is C24H32FN5O4S. The van der Waals surface area contributed by atoms with Crippen LogP contribution in [0.25, 0.3) is 11.4 Å². The van der Waals surface area contributed by atoms with Crippen molar-refractivity contribution >= 4 is 28.1 Å². The highest BCUT2D eigenvalue weighted by atomic mass is 32.3. The number of urea groups is 1. The molecule has 4 N–H and O–H groups in total. The number of alkyl halides is 1. The van der Waals surface area contributed by atoms with Crippen LogP contribution in [0.5, 0.6) is 0 Å². The molecule has 0 bridgehead atoms. The first-order valence-electron chi connectivity index (χ1n) is 12.1. The second-order valence-electron chi connectivity index (χ2n) is 9.49. The summed E-state index contributed by atoms with van der Waals surface area (Å²) in [5.41, 5.74) is 2.00. The molecule has 35 heavy (non-hydrogen) atoms. The van der Waals surface area contributed by atoms with Gasteiger partial charge in [0.15, 0.2) is 5.82 Å². The van der Waals surface area contributed by atoms with E-state index >= 15 is 0 Å². The molecule has 5 rings (SSSR count). The number of anilines is 2. The normalized spacial score (nSPS) is 21.9. The Bertz CT molecular complexity index is 1080. The summed E-state index contributed by atoms with van der Waals surface area (Å²) in [5.74, 6) is 1.26. The minimum absolute atomic E-state index is 0.0388. The first kappa shape index (κ1) is 24.2. The van der Waals surface area contributed by atoms with Gasteiger partial charge in [0.1, 0.15) is 17.2 Å². The fourth-order valence-electron chi connectivity index (χ4n) is 4.59. The lowest BCUT2D eigenvalue weighted by atomic mass is 10.1. The topological polar surface area (TPSA) is 120 Å². The molecule has 2 amide bonds. The van der Waals surface area contributed by atoms with E-state index in [4.69, 9.17) is 14.7 Å². The highest BCUT2D eigenvalue weighted by Crippen LogP contribution is 2.77. The number of ether oxygens (including phenoxy) is 1. The molecule has 2 saturated carbocycles. The van der Waals surface area contributed by atoms with Crippen LogP contribution in [0.2, 0.25) is 0 Å². The Kier molecular flexibility index (Phi) is 6.60. The molecule has 3 aliphatic rings. The Balaban J connectivity index is 1.48. The number of morpholine rings is 1. The van der Waals surface area contributed by atoms with Crippen LogP contribution in [0.1, 0.15) is 38.3 Å². The Labute approximate surface area is 205 Å². The third kappa shape index (κ3) is 4.82. The smallest absolute Gasteiger partial charge is 0.319 e. The summed E-state index contributed by atoms with van der Waals surface area (Å²) < 4.78 is 39.5. The number of carbonyl (C=O) groups excluding carboxylic acids is 1. The number of nitrogens with zero attached hydrogens (tertiary/aromatic N) is 3. The number of hydrogen-bond donors (Lipinski definition) is 4. The van der Waals surface area contributed by atoms with E-state index in [2.05, 4.69) is 22.5 Å². The number of hydrogen-bond acceptors (Lipinski definition) is 7. The molecule has 1 aromatic carbocycles. The summed E-state index contributed by atoms with van der Waals surface area (Å²) in [4.78, 5) is 23.7. The van der Waals surface area contributed by atoms with E-state index in [-0.39, 0.29) is 17.8 Å². The zero-order chi connectivity index (χ0) is 24.6. The van der Waals surface area contributed by atoms with Crippen LogP contribution in [0.4, 0.5) is 20.7 Å².